The van der Waals surface area contributed by atoms with Crippen LogP contribution in [0.5, 0.6) is 0 Å². The predicted octanol–water partition coefficient (Wildman–Crippen LogP) is 1.35. The molecule has 1 fully saturated rings. The number of aliphatic imine (C=N–C) groups is 1. The molecule has 0 atom stereocenters. The smallest absolute Gasteiger partial charge is 0.252 e. The Balaban J connectivity index is 1.65. The number of hydrogen-bond acceptors (Lipinski definition) is 4. The van der Waals surface area contributed by atoms with E-state index in [0.29, 0.717) is 23.7 Å². The lowest BCUT2D eigenvalue weighted by Gasteiger charge is -2.26. The molecule has 0 aromatic heterocycles. The average molecular weight is 396 g/mol. The molecule has 1 aromatic carbocycles. The molecule has 0 saturated carbocycles. The summed E-state index contributed by atoms with van der Waals surface area (Å²) in [5.41, 5.74) is 0.489. The van der Waals surface area contributed by atoms with Gasteiger partial charge in [-0.25, -0.2) is 0 Å². The number of guanidine groups is 1. The molecular weight excluding hydrogens is 366 g/mol. The van der Waals surface area contributed by atoms with Crippen LogP contribution in [0.1, 0.15) is 23.7 Å². The first-order valence-electron chi connectivity index (χ1n) is 9.55. The number of hydrogen-bond donors (Lipinski definition) is 3. The van der Waals surface area contributed by atoms with Gasteiger partial charge in [0.25, 0.3) is 5.91 Å². The molecule has 1 aromatic rings. The summed E-state index contributed by atoms with van der Waals surface area (Å²) in [6.45, 7) is 9.37. The van der Waals surface area contributed by atoms with E-state index in [1.807, 2.05) is 6.92 Å². The largest absolute Gasteiger partial charge is 0.379 e. The molecule has 2 rings (SSSR count). The third kappa shape index (κ3) is 8.15. The molecule has 150 valence electrons. The maximum Gasteiger partial charge on any atom is 0.252 e. The number of carbonyl (C=O) groups excluding carboxylic acids is 1. The van der Waals surface area contributed by atoms with Crippen LogP contribution in [0.2, 0.25) is 5.02 Å². The van der Waals surface area contributed by atoms with Crippen LogP contribution in [0, 0.1) is 0 Å². The van der Waals surface area contributed by atoms with Crippen molar-refractivity contribution in [2.24, 2.45) is 4.99 Å². The predicted molar refractivity (Wildman–Crippen MR) is 110 cm³/mol. The Morgan fingerprint density at radius 2 is 1.93 bits per heavy atom. The Labute approximate surface area is 166 Å². The molecule has 1 saturated heterocycles. The topological polar surface area (TPSA) is 78.0 Å². The highest BCUT2D eigenvalue weighted by Crippen LogP contribution is 2.14. The highest BCUT2D eigenvalue weighted by atomic mass is 35.5. The summed E-state index contributed by atoms with van der Waals surface area (Å²) in [4.78, 5) is 19.1. The van der Waals surface area contributed by atoms with Crippen molar-refractivity contribution < 1.29 is 9.53 Å². The van der Waals surface area contributed by atoms with Crippen molar-refractivity contribution in [2.45, 2.75) is 13.3 Å². The molecular formula is C19H30ClN5O2. The monoisotopic (exact) mass is 395 g/mol. The number of halogens is 1. The molecule has 1 heterocycles. The van der Waals surface area contributed by atoms with Crippen molar-refractivity contribution in [2.75, 3.05) is 59.0 Å². The second kappa shape index (κ2) is 12.5. The van der Waals surface area contributed by atoms with Gasteiger partial charge in [-0.1, -0.05) is 23.7 Å². The average Bonchev–Trinajstić information content (AvgIpc) is 2.69. The molecule has 1 amide bonds. The summed E-state index contributed by atoms with van der Waals surface area (Å²) in [6, 6.07) is 7.03. The molecule has 0 spiro atoms. The zero-order valence-electron chi connectivity index (χ0n) is 16.0. The number of morpholine rings is 1. The number of benzene rings is 1. The van der Waals surface area contributed by atoms with Crippen molar-refractivity contribution in [3.05, 3.63) is 34.9 Å². The van der Waals surface area contributed by atoms with E-state index >= 15 is 0 Å². The first-order chi connectivity index (χ1) is 13.2. The zero-order valence-corrected chi connectivity index (χ0v) is 16.7. The summed E-state index contributed by atoms with van der Waals surface area (Å²) in [5, 5.41) is 9.78. The van der Waals surface area contributed by atoms with Crippen LogP contribution in [0.4, 0.5) is 0 Å². The summed E-state index contributed by atoms with van der Waals surface area (Å²) in [7, 11) is 0. The first-order valence-corrected chi connectivity index (χ1v) is 9.93. The van der Waals surface area contributed by atoms with Crippen molar-refractivity contribution >= 4 is 23.5 Å². The van der Waals surface area contributed by atoms with E-state index in [-0.39, 0.29) is 5.91 Å². The van der Waals surface area contributed by atoms with Crippen LogP contribution in [0.15, 0.2) is 29.3 Å². The van der Waals surface area contributed by atoms with Gasteiger partial charge in [-0.05, 0) is 25.5 Å². The highest BCUT2D eigenvalue weighted by molar-refractivity contribution is 6.33. The van der Waals surface area contributed by atoms with Crippen LogP contribution in [0.25, 0.3) is 0 Å². The first kappa shape index (κ1) is 21.5. The number of amides is 1. The second-order valence-corrected chi connectivity index (χ2v) is 6.64. The maximum atomic E-state index is 12.1. The van der Waals surface area contributed by atoms with E-state index < -0.39 is 0 Å². The number of nitrogens with one attached hydrogen (secondary N) is 3. The highest BCUT2D eigenvalue weighted by Gasteiger charge is 2.10. The Bertz CT molecular complexity index is 606. The molecule has 0 aliphatic carbocycles. The Hall–Kier alpha value is -1.83. The SMILES string of the molecule is CCNC(=NCCCN1CCOCC1)NCCNC(=O)c1ccccc1Cl. The van der Waals surface area contributed by atoms with Gasteiger partial charge >= 0.3 is 0 Å². The summed E-state index contributed by atoms with van der Waals surface area (Å²) in [6.07, 6.45) is 1.01. The van der Waals surface area contributed by atoms with E-state index in [0.717, 1.165) is 58.3 Å². The van der Waals surface area contributed by atoms with Crippen LogP contribution in [-0.2, 0) is 4.74 Å². The summed E-state index contributed by atoms with van der Waals surface area (Å²) >= 11 is 6.03. The molecule has 0 bridgehead atoms. The molecule has 1 aliphatic heterocycles. The van der Waals surface area contributed by atoms with Crippen LogP contribution >= 0.6 is 11.6 Å². The number of ether oxygens (including phenoxy) is 1. The fourth-order valence-electron chi connectivity index (χ4n) is 2.75. The van der Waals surface area contributed by atoms with Gasteiger partial charge in [0.05, 0.1) is 23.8 Å². The summed E-state index contributed by atoms with van der Waals surface area (Å²) in [5.74, 6) is 0.598. The van der Waals surface area contributed by atoms with E-state index in [9.17, 15) is 4.79 Å². The number of carbonyl (C=O) groups is 1. The van der Waals surface area contributed by atoms with Crippen LogP contribution in [0.3, 0.4) is 0 Å². The standard InChI is InChI=1S/C19H30ClN5O2/c1-2-21-19(23-8-5-11-25-12-14-27-15-13-25)24-10-9-22-18(26)16-6-3-4-7-17(16)20/h3-4,6-7H,2,5,8-15H2,1H3,(H,22,26)(H2,21,23,24). The van der Waals surface area contributed by atoms with E-state index in [2.05, 4.69) is 25.8 Å². The van der Waals surface area contributed by atoms with Crippen molar-refractivity contribution in [1.29, 1.82) is 0 Å². The Morgan fingerprint density at radius 3 is 2.67 bits per heavy atom. The lowest BCUT2D eigenvalue weighted by molar-refractivity contribution is 0.0377. The lowest BCUT2D eigenvalue weighted by atomic mass is 10.2. The van der Waals surface area contributed by atoms with Gasteiger partial charge in [-0.3, -0.25) is 14.7 Å². The molecule has 1 aliphatic rings. The molecule has 0 radical (unpaired) electrons. The normalized spacial score (nSPS) is 15.4. The number of rotatable bonds is 9. The minimum atomic E-state index is -0.171. The lowest BCUT2D eigenvalue weighted by Crippen LogP contribution is -2.41. The van der Waals surface area contributed by atoms with Gasteiger partial charge in [0, 0.05) is 45.8 Å². The van der Waals surface area contributed by atoms with Gasteiger partial charge in [0.15, 0.2) is 5.96 Å². The molecule has 3 N–H and O–H groups in total. The van der Waals surface area contributed by atoms with E-state index in [1.54, 1.807) is 24.3 Å². The van der Waals surface area contributed by atoms with Gasteiger partial charge < -0.3 is 20.7 Å². The minimum Gasteiger partial charge on any atom is -0.379 e. The van der Waals surface area contributed by atoms with Crippen molar-refractivity contribution in [3.63, 3.8) is 0 Å². The fourth-order valence-corrected chi connectivity index (χ4v) is 2.97. The van der Waals surface area contributed by atoms with E-state index in [1.165, 1.54) is 0 Å². The quantitative estimate of drug-likeness (QED) is 0.334. The third-order valence-electron chi connectivity index (χ3n) is 4.17. The van der Waals surface area contributed by atoms with Gasteiger partial charge in [-0.2, -0.15) is 0 Å². The zero-order chi connectivity index (χ0) is 19.3. The molecule has 0 unspecified atom stereocenters. The van der Waals surface area contributed by atoms with E-state index in [4.69, 9.17) is 16.3 Å². The molecule has 7 nitrogen and oxygen atoms in total. The minimum absolute atomic E-state index is 0.171. The third-order valence-corrected chi connectivity index (χ3v) is 4.50. The maximum absolute atomic E-state index is 12.1. The van der Waals surface area contributed by atoms with Gasteiger partial charge in [-0.15, -0.1) is 0 Å². The molecule has 8 heteroatoms. The Morgan fingerprint density at radius 1 is 1.19 bits per heavy atom. The van der Waals surface area contributed by atoms with Crippen molar-refractivity contribution in [1.82, 2.24) is 20.9 Å². The van der Waals surface area contributed by atoms with Crippen molar-refractivity contribution in [3.8, 4) is 0 Å². The van der Waals surface area contributed by atoms with Crippen LogP contribution < -0.4 is 16.0 Å². The van der Waals surface area contributed by atoms with Gasteiger partial charge in [0.1, 0.15) is 0 Å². The number of nitrogens with zero attached hydrogens (tertiary/aromatic N) is 2. The second-order valence-electron chi connectivity index (χ2n) is 6.23. The van der Waals surface area contributed by atoms with Gasteiger partial charge in [0.2, 0.25) is 0 Å². The van der Waals surface area contributed by atoms with Crippen LogP contribution in [-0.4, -0.2) is 75.8 Å². The summed E-state index contributed by atoms with van der Waals surface area (Å²) < 4.78 is 5.36. The molecule has 27 heavy (non-hydrogen) atoms. The Kier molecular flexibility index (Phi) is 9.97. The fraction of sp³-hybridized carbons (Fsp3) is 0.579.